The maximum absolute atomic E-state index is 13.8. The van der Waals surface area contributed by atoms with Crippen molar-refractivity contribution in [1.82, 2.24) is 0 Å². The van der Waals surface area contributed by atoms with Gasteiger partial charge in [-0.1, -0.05) is 120 Å². The number of hydrogen-bond donors (Lipinski definition) is 1. The molecule has 3 rings (SSSR count). The molecule has 0 fully saturated rings. The molecule has 0 saturated carbocycles. The Bertz CT molecular complexity index is 944. The van der Waals surface area contributed by atoms with Crippen LogP contribution in [0.25, 0.3) is 0 Å². The van der Waals surface area contributed by atoms with Crippen molar-refractivity contribution in [1.29, 1.82) is 0 Å². The molecule has 0 aliphatic rings. The number of ketones is 1. The van der Waals surface area contributed by atoms with E-state index in [-0.39, 0.29) is 16.6 Å². The molecule has 0 aromatic heterocycles. The average molecular weight is 417 g/mol. The number of rotatable bonds is 4. The molecule has 0 heterocycles. The van der Waals surface area contributed by atoms with Gasteiger partial charge in [0.1, 0.15) is 4.75 Å². The molecule has 0 atom stereocenters. The summed E-state index contributed by atoms with van der Waals surface area (Å²) in [5, 5.41) is 0. The average Bonchev–Trinajstić information content (AvgIpc) is 2.72. The fraction of sp³-hybridized carbons (Fsp3) is 0.321. The predicted molar refractivity (Wildman–Crippen MR) is 131 cm³/mol. The molecule has 0 amide bonds. The number of Topliss-reactive ketones (excluding diaryl/α,β-unsaturated/α-hetero) is 1. The number of benzene rings is 3. The highest BCUT2D eigenvalue weighted by Crippen LogP contribution is 2.41. The van der Waals surface area contributed by atoms with Crippen molar-refractivity contribution in [2.45, 2.75) is 57.1 Å². The van der Waals surface area contributed by atoms with Crippen molar-refractivity contribution < 1.29 is 4.79 Å². The van der Waals surface area contributed by atoms with Crippen LogP contribution >= 0.6 is 12.6 Å². The number of hydrogen-bond acceptors (Lipinski definition) is 2. The Morgan fingerprint density at radius 3 is 1.23 bits per heavy atom. The van der Waals surface area contributed by atoms with Crippen LogP contribution in [0.3, 0.4) is 0 Å². The monoisotopic (exact) mass is 416 g/mol. The second-order valence-electron chi connectivity index (χ2n) is 10.1. The standard InChI is InChI=1S/C28H32OS/c1-26(2,3)21-12-16-23(17-13-21)28(30,25(29)20-10-8-7-9-11-20)24-18-14-22(15-19-24)27(4,5)6/h7-19,30H,1-6H3. The summed E-state index contributed by atoms with van der Waals surface area (Å²) in [6.07, 6.45) is 0. The molecule has 0 aliphatic carbocycles. The molecule has 3 aromatic rings. The molecule has 30 heavy (non-hydrogen) atoms. The first-order valence-electron chi connectivity index (χ1n) is 10.5. The third kappa shape index (κ3) is 4.39. The summed E-state index contributed by atoms with van der Waals surface area (Å²) in [5.41, 5.74) is 5.00. The highest BCUT2D eigenvalue weighted by Gasteiger charge is 2.39. The second kappa shape index (κ2) is 8.07. The van der Waals surface area contributed by atoms with Crippen molar-refractivity contribution >= 4 is 18.4 Å². The van der Waals surface area contributed by atoms with Crippen LogP contribution in [-0.2, 0) is 15.6 Å². The lowest BCUT2D eigenvalue weighted by atomic mass is 9.79. The van der Waals surface area contributed by atoms with Gasteiger partial charge in [0.25, 0.3) is 0 Å². The van der Waals surface area contributed by atoms with Gasteiger partial charge in [-0.15, -0.1) is 0 Å². The fourth-order valence-corrected chi connectivity index (χ4v) is 4.08. The molecule has 0 unspecified atom stereocenters. The Balaban J connectivity index is 2.15. The summed E-state index contributed by atoms with van der Waals surface area (Å²) < 4.78 is -1.06. The molecule has 1 nitrogen and oxygen atoms in total. The summed E-state index contributed by atoms with van der Waals surface area (Å²) in [4.78, 5) is 13.8. The van der Waals surface area contributed by atoms with E-state index in [9.17, 15) is 4.79 Å². The first kappa shape index (κ1) is 22.4. The summed E-state index contributed by atoms with van der Waals surface area (Å²) in [6, 6.07) is 26.1. The minimum atomic E-state index is -1.06. The van der Waals surface area contributed by atoms with Crippen LogP contribution in [0, 0.1) is 0 Å². The van der Waals surface area contributed by atoms with E-state index in [1.165, 1.54) is 11.1 Å². The van der Waals surface area contributed by atoms with E-state index in [1.807, 2.05) is 54.6 Å². The van der Waals surface area contributed by atoms with Gasteiger partial charge in [0.05, 0.1) is 0 Å². The largest absolute Gasteiger partial charge is 0.292 e. The molecule has 0 bridgehead atoms. The summed E-state index contributed by atoms with van der Waals surface area (Å²) in [5.74, 6) is -0.0153. The van der Waals surface area contributed by atoms with Gasteiger partial charge >= 0.3 is 0 Å². The number of thiol groups is 1. The topological polar surface area (TPSA) is 17.1 Å². The third-order valence-corrected chi connectivity index (χ3v) is 6.42. The van der Waals surface area contributed by atoms with Crippen LogP contribution in [0.2, 0.25) is 0 Å². The zero-order chi connectivity index (χ0) is 22.2. The van der Waals surface area contributed by atoms with Crippen LogP contribution < -0.4 is 0 Å². The van der Waals surface area contributed by atoms with Gasteiger partial charge in [0.2, 0.25) is 0 Å². The molecule has 0 aliphatic heterocycles. The van der Waals surface area contributed by atoms with Gasteiger partial charge in [-0.05, 0) is 33.1 Å². The number of carbonyl (C=O) groups is 1. The van der Waals surface area contributed by atoms with Gasteiger partial charge in [-0.3, -0.25) is 4.79 Å². The highest BCUT2D eigenvalue weighted by atomic mass is 32.1. The SMILES string of the molecule is CC(C)(C)c1ccc(C(S)(C(=O)c2ccccc2)c2ccc(C(C)(C)C)cc2)cc1. The van der Waals surface area contributed by atoms with Crippen molar-refractivity contribution in [3.8, 4) is 0 Å². The third-order valence-electron chi connectivity index (χ3n) is 5.70. The lowest BCUT2D eigenvalue weighted by molar-refractivity contribution is 0.0960. The van der Waals surface area contributed by atoms with Gasteiger partial charge in [0, 0.05) is 5.56 Å². The Labute approximate surface area is 187 Å². The van der Waals surface area contributed by atoms with E-state index in [4.69, 9.17) is 12.6 Å². The molecular weight excluding hydrogens is 384 g/mol. The molecule has 0 spiro atoms. The van der Waals surface area contributed by atoms with Gasteiger partial charge in [-0.25, -0.2) is 0 Å². The Morgan fingerprint density at radius 1 is 0.567 bits per heavy atom. The molecular formula is C28H32OS. The van der Waals surface area contributed by atoms with E-state index >= 15 is 0 Å². The maximum atomic E-state index is 13.8. The zero-order valence-electron chi connectivity index (χ0n) is 18.9. The molecule has 156 valence electrons. The van der Waals surface area contributed by atoms with Gasteiger partial charge in [-0.2, -0.15) is 12.6 Å². The minimum Gasteiger partial charge on any atom is -0.292 e. The van der Waals surface area contributed by atoms with Crippen molar-refractivity contribution in [2.75, 3.05) is 0 Å². The lowest BCUT2D eigenvalue weighted by Crippen LogP contribution is -2.32. The quantitative estimate of drug-likeness (QED) is 0.348. The van der Waals surface area contributed by atoms with Crippen LogP contribution in [0.15, 0.2) is 78.9 Å². The van der Waals surface area contributed by atoms with Crippen LogP contribution in [-0.4, -0.2) is 5.78 Å². The maximum Gasteiger partial charge on any atom is 0.187 e. The molecule has 0 radical (unpaired) electrons. The van der Waals surface area contributed by atoms with E-state index in [2.05, 4.69) is 65.8 Å². The molecule has 2 heteroatoms. The van der Waals surface area contributed by atoms with E-state index in [0.717, 1.165) is 11.1 Å². The van der Waals surface area contributed by atoms with Crippen molar-refractivity contribution in [3.63, 3.8) is 0 Å². The molecule has 0 N–H and O–H groups in total. The van der Waals surface area contributed by atoms with Gasteiger partial charge < -0.3 is 0 Å². The Kier molecular flexibility index (Phi) is 6.02. The van der Waals surface area contributed by atoms with E-state index < -0.39 is 4.75 Å². The first-order valence-corrected chi connectivity index (χ1v) is 10.9. The lowest BCUT2D eigenvalue weighted by Gasteiger charge is -2.30. The second-order valence-corrected chi connectivity index (χ2v) is 10.7. The molecule has 0 saturated heterocycles. The highest BCUT2D eigenvalue weighted by molar-refractivity contribution is 7.82. The molecule has 3 aromatic carbocycles. The number of carbonyl (C=O) groups excluding carboxylic acids is 1. The van der Waals surface area contributed by atoms with Crippen LogP contribution in [0.5, 0.6) is 0 Å². The normalized spacial score (nSPS) is 12.6. The van der Waals surface area contributed by atoms with E-state index in [1.54, 1.807) is 0 Å². The van der Waals surface area contributed by atoms with Crippen molar-refractivity contribution in [3.05, 3.63) is 107 Å². The minimum absolute atomic E-state index is 0.0153. The van der Waals surface area contributed by atoms with Crippen LogP contribution in [0.4, 0.5) is 0 Å². The summed E-state index contributed by atoms with van der Waals surface area (Å²) in [6.45, 7) is 13.1. The summed E-state index contributed by atoms with van der Waals surface area (Å²) in [7, 11) is 0. The summed E-state index contributed by atoms with van der Waals surface area (Å²) >= 11 is 5.07. The zero-order valence-corrected chi connectivity index (χ0v) is 19.8. The predicted octanol–water partition coefficient (Wildman–Crippen LogP) is 7.34. The smallest absolute Gasteiger partial charge is 0.187 e. The Hall–Kier alpha value is -2.32. The first-order chi connectivity index (χ1) is 13.9. The van der Waals surface area contributed by atoms with E-state index in [0.29, 0.717) is 5.56 Å². The van der Waals surface area contributed by atoms with Crippen LogP contribution in [0.1, 0.15) is 74.2 Å². The Morgan fingerprint density at radius 2 is 0.900 bits per heavy atom. The fourth-order valence-electron chi connectivity index (χ4n) is 3.65. The van der Waals surface area contributed by atoms with Crippen molar-refractivity contribution in [2.24, 2.45) is 0 Å². The van der Waals surface area contributed by atoms with Gasteiger partial charge in [0.15, 0.2) is 5.78 Å².